The largest absolute Gasteiger partial charge is 0.496 e. The van der Waals surface area contributed by atoms with E-state index in [9.17, 15) is 0 Å². The molecule has 126 valence electrons. The SMILES string of the molecule is CCC1(CC)CC2(C1)c1cc(Br)ccc1-c1cc(OC)c(Br)cc12. The van der Waals surface area contributed by atoms with Crippen LogP contribution in [-0.2, 0) is 5.41 Å². The number of hydrogen-bond donors (Lipinski definition) is 0. The van der Waals surface area contributed by atoms with Gasteiger partial charge in [0.2, 0.25) is 0 Å². The van der Waals surface area contributed by atoms with Crippen LogP contribution in [0.25, 0.3) is 11.1 Å². The van der Waals surface area contributed by atoms with Crippen LogP contribution in [0.3, 0.4) is 0 Å². The Morgan fingerprint density at radius 3 is 2.25 bits per heavy atom. The molecule has 0 radical (unpaired) electrons. The van der Waals surface area contributed by atoms with E-state index < -0.39 is 0 Å². The van der Waals surface area contributed by atoms with Crippen molar-refractivity contribution in [2.75, 3.05) is 7.11 Å². The van der Waals surface area contributed by atoms with Gasteiger partial charge in [0, 0.05) is 9.89 Å². The lowest BCUT2D eigenvalue weighted by Crippen LogP contribution is -2.48. The van der Waals surface area contributed by atoms with Crippen LogP contribution in [0.2, 0.25) is 0 Å². The molecule has 0 saturated heterocycles. The molecule has 0 heterocycles. The molecule has 0 bridgehead atoms. The minimum atomic E-state index is 0.176. The van der Waals surface area contributed by atoms with E-state index in [1.807, 2.05) is 0 Å². The average Bonchev–Trinajstić information content (AvgIpc) is 2.81. The predicted molar refractivity (Wildman–Crippen MR) is 107 cm³/mol. The molecule has 0 atom stereocenters. The van der Waals surface area contributed by atoms with Crippen LogP contribution in [0.1, 0.15) is 50.7 Å². The summed E-state index contributed by atoms with van der Waals surface area (Å²) in [5, 5.41) is 0. The van der Waals surface area contributed by atoms with Gasteiger partial charge in [-0.1, -0.05) is 48.7 Å². The van der Waals surface area contributed by atoms with Gasteiger partial charge in [0.1, 0.15) is 5.75 Å². The summed E-state index contributed by atoms with van der Waals surface area (Å²) in [6.07, 6.45) is 5.03. The Hall–Kier alpha value is -0.800. The molecule has 0 aliphatic heterocycles. The van der Waals surface area contributed by atoms with Crippen LogP contribution < -0.4 is 4.74 Å². The molecule has 0 N–H and O–H groups in total. The summed E-state index contributed by atoms with van der Waals surface area (Å²) in [5.74, 6) is 0.913. The highest BCUT2D eigenvalue weighted by Crippen LogP contribution is 2.68. The second kappa shape index (κ2) is 5.60. The highest BCUT2D eigenvalue weighted by Gasteiger charge is 2.58. The van der Waals surface area contributed by atoms with E-state index in [4.69, 9.17) is 4.74 Å². The number of halogens is 2. The predicted octanol–water partition coefficient (Wildman–Crippen LogP) is 7.09. The minimum Gasteiger partial charge on any atom is -0.496 e. The first-order valence-electron chi connectivity index (χ1n) is 8.67. The molecule has 0 aromatic heterocycles. The van der Waals surface area contributed by atoms with E-state index in [1.54, 1.807) is 7.11 Å². The molecule has 0 amide bonds. The van der Waals surface area contributed by atoms with E-state index in [1.165, 1.54) is 52.4 Å². The van der Waals surface area contributed by atoms with E-state index >= 15 is 0 Å². The normalized spacial score (nSPS) is 18.9. The van der Waals surface area contributed by atoms with Gasteiger partial charge >= 0.3 is 0 Å². The Bertz CT molecular complexity index is 813. The number of rotatable bonds is 3. The highest BCUT2D eigenvalue weighted by atomic mass is 79.9. The molecule has 2 aromatic rings. The zero-order chi connectivity index (χ0) is 17.1. The van der Waals surface area contributed by atoms with E-state index in [2.05, 4.69) is 76.0 Å². The van der Waals surface area contributed by atoms with Crippen LogP contribution in [0.15, 0.2) is 39.3 Å². The number of hydrogen-bond acceptors (Lipinski definition) is 1. The molecule has 1 spiro atoms. The summed E-state index contributed by atoms with van der Waals surface area (Å²) in [5.41, 5.74) is 6.35. The zero-order valence-corrected chi connectivity index (χ0v) is 17.6. The van der Waals surface area contributed by atoms with Crippen molar-refractivity contribution in [3.8, 4) is 16.9 Å². The monoisotopic (exact) mass is 448 g/mol. The maximum absolute atomic E-state index is 5.56. The zero-order valence-electron chi connectivity index (χ0n) is 14.4. The lowest BCUT2D eigenvalue weighted by Gasteiger charge is -2.56. The van der Waals surface area contributed by atoms with Crippen LogP contribution in [0.4, 0.5) is 0 Å². The topological polar surface area (TPSA) is 9.23 Å². The first-order chi connectivity index (χ1) is 11.5. The van der Waals surface area contributed by atoms with E-state index in [-0.39, 0.29) is 5.41 Å². The molecule has 2 aliphatic rings. The maximum Gasteiger partial charge on any atom is 0.133 e. The fourth-order valence-electron chi connectivity index (χ4n) is 4.98. The maximum atomic E-state index is 5.56. The van der Waals surface area contributed by atoms with Crippen molar-refractivity contribution in [1.82, 2.24) is 0 Å². The Balaban J connectivity index is 1.94. The third-order valence-corrected chi connectivity index (χ3v) is 7.56. The lowest BCUT2D eigenvalue weighted by atomic mass is 9.48. The van der Waals surface area contributed by atoms with E-state index in [0.29, 0.717) is 5.41 Å². The second-order valence-electron chi connectivity index (χ2n) is 7.37. The Labute approximate surface area is 161 Å². The molecule has 2 aliphatic carbocycles. The Morgan fingerprint density at radius 1 is 0.958 bits per heavy atom. The van der Waals surface area contributed by atoms with E-state index in [0.717, 1.165) is 10.2 Å². The molecular formula is C21H22Br2O. The van der Waals surface area contributed by atoms with Crippen molar-refractivity contribution < 1.29 is 4.74 Å². The Kier molecular flexibility index (Phi) is 3.89. The summed E-state index contributed by atoms with van der Waals surface area (Å²) in [4.78, 5) is 0. The summed E-state index contributed by atoms with van der Waals surface area (Å²) >= 11 is 7.39. The molecule has 2 aromatic carbocycles. The van der Waals surface area contributed by atoms with Crippen molar-refractivity contribution in [3.05, 3.63) is 50.4 Å². The van der Waals surface area contributed by atoms with Crippen molar-refractivity contribution in [1.29, 1.82) is 0 Å². The van der Waals surface area contributed by atoms with Gasteiger partial charge in [0.15, 0.2) is 0 Å². The standard InChI is InChI=1S/C21H22Br2O/c1-4-20(5-2)11-21(12-20)16-8-13(22)6-7-14(16)15-9-19(24-3)18(23)10-17(15)21/h6-10H,4-5,11-12H2,1-3H3. The first kappa shape index (κ1) is 16.7. The van der Waals surface area contributed by atoms with Crippen molar-refractivity contribution in [2.24, 2.45) is 5.41 Å². The smallest absolute Gasteiger partial charge is 0.133 e. The summed E-state index contributed by atoms with van der Waals surface area (Å²) in [6, 6.07) is 11.3. The van der Waals surface area contributed by atoms with Crippen molar-refractivity contribution in [3.63, 3.8) is 0 Å². The molecule has 4 rings (SSSR count). The quantitative estimate of drug-likeness (QED) is 0.486. The van der Waals surface area contributed by atoms with Crippen LogP contribution in [-0.4, -0.2) is 7.11 Å². The first-order valence-corrected chi connectivity index (χ1v) is 10.3. The number of methoxy groups -OCH3 is 1. The van der Waals surface area contributed by atoms with Crippen LogP contribution >= 0.6 is 31.9 Å². The summed E-state index contributed by atoms with van der Waals surface area (Å²) in [6.45, 7) is 4.69. The summed E-state index contributed by atoms with van der Waals surface area (Å²) in [7, 11) is 1.74. The molecule has 24 heavy (non-hydrogen) atoms. The van der Waals surface area contributed by atoms with Crippen LogP contribution in [0, 0.1) is 5.41 Å². The van der Waals surface area contributed by atoms with Gasteiger partial charge in [-0.3, -0.25) is 0 Å². The fourth-order valence-corrected chi connectivity index (χ4v) is 5.85. The molecular weight excluding hydrogens is 428 g/mol. The molecule has 1 fully saturated rings. The second-order valence-corrected chi connectivity index (χ2v) is 9.14. The van der Waals surface area contributed by atoms with Gasteiger partial charge in [-0.05, 0) is 80.7 Å². The summed E-state index contributed by atoms with van der Waals surface area (Å²) < 4.78 is 7.78. The lowest BCUT2D eigenvalue weighted by molar-refractivity contribution is 0.0411. The van der Waals surface area contributed by atoms with Crippen molar-refractivity contribution in [2.45, 2.75) is 44.9 Å². The third-order valence-electron chi connectivity index (χ3n) is 6.45. The molecule has 0 unspecified atom stereocenters. The minimum absolute atomic E-state index is 0.176. The molecule has 3 heteroatoms. The van der Waals surface area contributed by atoms with Crippen LogP contribution in [0.5, 0.6) is 5.75 Å². The van der Waals surface area contributed by atoms with Gasteiger partial charge < -0.3 is 4.74 Å². The number of benzene rings is 2. The van der Waals surface area contributed by atoms with Gasteiger partial charge in [-0.2, -0.15) is 0 Å². The van der Waals surface area contributed by atoms with Gasteiger partial charge in [-0.15, -0.1) is 0 Å². The average molecular weight is 450 g/mol. The Morgan fingerprint density at radius 2 is 1.62 bits per heavy atom. The van der Waals surface area contributed by atoms with Crippen molar-refractivity contribution >= 4 is 31.9 Å². The highest BCUT2D eigenvalue weighted by molar-refractivity contribution is 9.10. The molecule has 1 nitrogen and oxygen atoms in total. The fraction of sp³-hybridized carbons (Fsp3) is 0.429. The number of fused-ring (bicyclic) bond motifs is 5. The third kappa shape index (κ3) is 2.10. The van der Waals surface area contributed by atoms with Gasteiger partial charge in [0.25, 0.3) is 0 Å². The number of ether oxygens (including phenoxy) is 1. The molecule has 1 saturated carbocycles. The van der Waals surface area contributed by atoms with Gasteiger partial charge in [0.05, 0.1) is 11.6 Å². The van der Waals surface area contributed by atoms with Gasteiger partial charge in [-0.25, -0.2) is 0 Å².